The van der Waals surface area contributed by atoms with E-state index < -0.39 is 0 Å². The number of anilines is 1. The summed E-state index contributed by atoms with van der Waals surface area (Å²) in [6, 6.07) is 9.11. The number of rotatable bonds is 5. The molecule has 1 aliphatic heterocycles. The van der Waals surface area contributed by atoms with Crippen molar-refractivity contribution in [3.05, 3.63) is 52.5 Å². The van der Waals surface area contributed by atoms with E-state index in [1.165, 1.54) is 29.1 Å². The molecule has 2 aromatic rings. The third kappa shape index (κ3) is 3.08. The van der Waals surface area contributed by atoms with Crippen LogP contribution in [0.3, 0.4) is 0 Å². The molecule has 2 heterocycles. The van der Waals surface area contributed by atoms with E-state index in [1.807, 2.05) is 16.8 Å². The van der Waals surface area contributed by atoms with E-state index in [2.05, 4.69) is 6.07 Å². The van der Waals surface area contributed by atoms with E-state index in [0.717, 1.165) is 17.9 Å². The van der Waals surface area contributed by atoms with Crippen molar-refractivity contribution in [3.63, 3.8) is 0 Å². The Morgan fingerprint density at radius 2 is 2.00 bits per heavy atom. The van der Waals surface area contributed by atoms with Crippen molar-refractivity contribution in [2.75, 3.05) is 11.4 Å². The fourth-order valence-electron chi connectivity index (χ4n) is 2.58. The Bertz CT molecular complexity index is 670. The molecular formula is C16H16FN2O2S+. The van der Waals surface area contributed by atoms with Crippen molar-refractivity contribution in [1.29, 1.82) is 0 Å². The van der Waals surface area contributed by atoms with Crippen LogP contribution in [-0.4, -0.2) is 24.4 Å². The molecule has 0 bridgehead atoms. The summed E-state index contributed by atoms with van der Waals surface area (Å²) in [5.41, 5.74) is 0.436. The van der Waals surface area contributed by atoms with Crippen LogP contribution in [0.2, 0.25) is 0 Å². The lowest BCUT2D eigenvalue weighted by molar-refractivity contribution is -0.674. The number of nitrogens with zero attached hydrogens (tertiary/aromatic N) is 1. The van der Waals surface area contributed by atoms with Gasteiger partial charge in [0.25, 0.3) is 5.91 Å². The molecule has 22 heavy (non-hydrogen) atoms. The molecule has 1 fully saturated rings. The van der Waals surface area contributed by atoms with Gasteiger partial charge in [0.1, 0.15) is 5.82 Å². The molecule has 2 amide bonds. The van der Waals surface area contributed by atoms with E-state index >= 15 is 0 Å². The maximum atomic E-state index is 13.0. The van der Waals surface area contributed by atoms with E-state index in [-0.39, 0.29) is 30.1 Å². The Morgan fingerprint density at radius 1 is 1.23 bits per heavy atom. The van der Waals surface area contributed by atoms with Gasteiger partial charge in [0.2, 0.25) is 5.91 Å². The molecule has 6 heteroatoms. The van der Waals surface area contributed by atoms with Crippen LogP contribution < -0.4 is 10.2 Å². The van der Waals surface area contributed by atoms with Gasteiger partial charge in [-0.1, -0.05) is 6.07 Å². The Kier molecular flexibility index (Phi) is 4.31. The van der Waals surface area contributed by atoms with Crippen LogP contribution in [0.1, 0.15) is 11.3 Å². The van der Waals surface area contributed by atoms with Gasteiger partial charge in [-0.25, -0.2) is 9.29 Å². The zero-order valence-corrected chi connectivity index (χ0v) is 12.7. The van der Waals surface area contributed by atoms with Gasteiger partial charge in [-0.2, -0.15) is 0 Å². The maximum absolute atomic E-state index is 13.0. The molecule has 114 valence electrons. The van der Waals surface area contributed by atoms with Crippen molar-refractivity contribution in [2.45, 2.75) is 18.9 Å². The average Bonchev–Trinajstić information content (AvgIpc) is 3.10. The number of amides is 2. The lowest BCUT2D eigenvalue weighted by atomic mass is 10.2. The number of halogens is 1. The van der Waals surface area contributed by atoms with Crippen LogP contribution in [0.5, 0.6) is 0 Å². The van der Waals surface area contributed by atoms with Gasteiger partial charge in [-0.15, -0.1) is 11.3 Å². The van der Waals surface area contributed by atoms with Gasteiger partial charge in [-0.05, 0) is 35.7 Å². The first-order chi connectivity index (χ1) is 10.6. The summed E-state index contributed by atoms with van der Waals surface area (Å²) >= 11 is 1.69. The summed E-state index contributed by atoms with van der Waals surface area (Å²) in [5, 5.41) is 3.94. The van der Waals surface area contributed by atoms with Crippen LogP contribution in [0.4, 0.5) is 10.1 Å². The maximum Gasteiger partial charge on any atom is 0.292 e. The molecule has 0 radical (unpaired) electrons. The summed E-state index contributed by atoms with van der Waals surface area (Å²) in [5.74, 6) is -0.835. The number of carbonyl (C=O) groups excluding carboxylic acids is 2. The predicted octanol–water partition coefficient (Wildman–Crippen LogP) is 1.33. The third-order valence-corrected chi connectivity index (χ3v) is 4.62. The first-order valence-electron chi connectivity index (χ1n) is 7.13. The lowest BCUT2D eigenvalue weighted by Crippen LogP contribution is -2.92. The van der Waals surface area contributed by atoms with Crippen LogP contribution in [0.15, 0.2) is 41.8 Å². The van der Waals surface area contributed by atoms with Gasteiger partial charge < -0.3 is 5.32 Å². The van der Waals surface area contributed by atoms with Crippen molar-refractivity contribution in [2.24, 2.45) is 0 Å². The van der Waals surface area contributed by atoms with Crippen molar-refractivity contribution in [3.8, 4) is 0 Å². The second kappa shape index (κ2) is 6.37. The molecule has 1 aliphatic rings. The van der Waals surface area contributed by atoms with Crippen LogP contribution >= 0.6 is 11.3 Å². The molecule has 1 aromatic carbocycles. The largest absolute Gasteiger partial charge is 0.335 e. The van der Waals surface area contributed by atoms with Gasteiger partial charge in [-0.3, -0.25) is 9.59 Å². The number of benzene rings is 1. The third-order valence-electron chi connectivity index (χ3n) is 3.69. The molecule has 0 aliphatic carbocycles. The second-order valence-corrected chi connectivity index (χ2v) is 6.24. The van der Waals surface area contributed by atoms with E-state index in [9.17, 15) is 14.0 Å². The number of nitrogens with two attached hydrogens (primary N) is 1. The Labute approximate surface area is 131 Å². The zero-order valence-electron chi connectivity index (χ0n) is 11.9. The molecule has 1 aromatic heterocycles. The second-order valence-electron chi connectivity index (χ2n) is 5.21. The first kappa shape index (κ1) is 14.9. The van der Waals surface area contributed by atoms with Crippen molar-refractivity contribution >= 4 is 28.8 Å². The van der Waals surface area contributed by atoms with Crippen molar-refractivity contribution in [1.82, 2.24) is 0 Å². The molecule has 0 saturated carbocycles. The van der Waals surface area contributed by atoms with Gasteiger partial charge in [0, 0.05) is 11.3 Å². The van der Waals surface area contributed by atoms with Crippen molar-refractivity contribution < 1.29 is 19.3 Å². The molecule has 1 atom stereocenters. The SMILES string of the molecule is O=C1C[C@H]([NH2+]CCc2cccs2)C(=O)N1c1ccc(F)cc1. The fourth-order valence-corrected chi connectivity index (χ4v) is 3.31. The van der Waals surface area contributed by atoms with Gasteiger partial charge in [0.15, 0.2) is 6.04 Å². The smallest absolute Gasteiger partial charge is 0.292 e. The standard InChI is InChI=1S/C16H15FN2O2S/c17-11-3-5-12(6-4-11)19-15(20)10-14(16(19)21)18-8-7-13-2-1-9-22-13/h1-6,9,14,18H,7-8,10H2/p+1/t14-/m0/s1. The van der Waals surface area contributed by atoms with Crippen LogP contribution in [0, 0.1) is 5.82 Å². The average molecular weight is 319 g/mol. The number of hydrogen-bond donors (Lipinski definition) is 1. The zero-order chi connectivity index (χ0) is 15.5. The minimum atomic E-state index is -0.387. The van der Waals surface area contributed by atoms with Gasteiger partial charge >= 0.3 is 0 Å². The number of imide groups is 1. The molecule has 0 spiro atoms. The summed E-state index contributed by atoms with van der Waals surface area (Å²) in [6.45, 7) is 0.765. The van der Waals surface area contributed by atoms with Crippen LogP contribution in [-0.2, 0) is 16.0 Å². The highest BCUT2D eigenvalue weighted by Crippen LogP contribution is 2.21. The summed E-state index contributed by atoms with van der Waals surface area (Å²) < 4.78 is 13.0. The molecule has 1 saturated heterocycles. The highest BCUT2D eigenvalue weighted by Gasteiger charge is 2.41. The normalized spacial score (nSPS) is 18.2. The first-order valence-corrected chi connectivity index (χ1v) is 8.01. The molecule has 0 unspecified atom stereocenters. The molecule has 3 rings (SSSR count). The number of carbonyl (C=O) groups is 2. The fraction of sp³-hybridized carbons (Fsp3) is 0.250. The summed E-state index contributed by atoms with van der Waals surface area (Å²) in [6.07, 6.45) is 1.08. The summed E-state index contributed by atoms with van der Waals surface area (Å²) in [7, 11) is 0. The summed E-state index contributed by atoms with van der Waals surface area (Å²) in [4.78, 5) is 26.9. The quantitative estimate of drug-likeness (QED) is 0.845. The number of quaternary nitrogens is 1. The Balaban J connectivity index is 1.62. The molecular weight excluding hydrogens is 303 g/mol. The highest BCUT2D eigenvalue weighted by atomic mass is 32.1. The van der Waals surface area contributed by atoms with E-state index in [0.29, 0.717) is 5.69 Å². The lowest BCUT2D eigenvalue weighted by Gasteiger charge is -2.14. The van der Waals surface area contributed by atoms with Gasteiger partial charge in [0.05, 0.1) is 18.7 Å². The van der Waals surface area contributed by atoms with E-state index in [4.69, 9.17) is 0 Å². The Hall–Kier alpha value is -2.05. The highest BCUT2D eigenvalue weighted by molar-refractivity contribution is 7.09. The minimum Gasteiger partial charge on any atom is -0.335 e. The minimum absolute atomic E-state index is 0.195. The monoisotopic (exact) mass is 319 g/mol. The van der Waals surface area contributed by atoms with E-state index in [1.54, 1.807) is 11.3 Å². The Morgan fingerprint density at radius 3 is 2.68 bits per heavy atom. The number of thiophene rings is 1. The predicted molar refractivity (Wildman–Crippen MR) is 82.1 cm³/mol. The molecule has 2 N–H and O–H groups in total. The molecule has 4 nitrogen and oxygen atoms in total. The topological polar surface area (TPSA) is 54.0 Å². The number of hydrogen-bond acceptors (Lipinski definition) is 3. The van der Waals surface area contributed by atoms with Crippen LogP contribution in [0.25, 0.3) is 0 Å².